The topological polar surface area (TPSA) is 72.7 Å². The molecule has 6 nitrogen and oxygen atoms in total. The van der Waals surface area contributed by atoms with Crippen molar-refractivity contribution in [3.05, 3.63) is 63.0 Å². The fourth-order valence-corrected chi connectivity index (χ4v) is 4.86. The van der Waals surface area contributed by atoms with Crippen molar-refractivity contribution in [3.63, 3.8) is 0 Å². The molecule has 1 atom stereocenters. The van der Waals surface area contributed by atoms with E-state index in [1.165, 1.54) is 0 Å². The van der Waals surface area contributed by atoms with E-state index in [1.54, 1.807) is 16.4 Å². The van der Waals surface area contributed by atoms with Crippen molar-refractivity contribution in [2.24, 2.45) is 0 Å². The number of fused-ring (bicyclic) bond motifs is 1. The van der Waals surface area contributed by atoms with E-state index >= 15 is 0 Å². The van der Waals surface area contributed by atoms with Gasteiger partial charge in [-0.3, -0.25) is 4.79 Å². The average molecular weight is 444 g/mol. The summed E-state index contributed by atoms with van der Waals surface area (Å²) in [6.07, 6.45) is 0. The minimum atomic E-state index is -0.0516. The fourth-order valence-electron chi connectivity index (χ4n) is 3.26. The molecule has 2 aromatic heterocycles. The predicted molar refractivity (Wildman–Crippen MR) is 110 cm³/mol. The van der Waals surface area contributed by atoms with Gasteiger partial charge >= 0.3 is 0 Å². The van der Waals surface area contributed by atoms with E-state index in [0.29, 0.717) is 17.5 Å². The highest BCUT2D eigenvalue weighted by atomic mass is 79.9. The molecule has 1 N–H and O–H groups in total. The molecule has 0 radical (unpaired) electrons. The molecule has 1 aliphatic heterocycles. The van der Waals surface area contributed by atoms with Crippen LogP contribution in [0.25, 0.3) is 5.95 Å². The molecular weight excluding hydrogens is 426 g/mol. The average Bonchev–Trinajstić information content (AvgIpc) is 2.81. The summed E-state index contributed by atoms with van der Waals surface area (Å²) >= 11 is 5.14. The molecular formula is C19H18BrN5OS. The minimum Gasteiger partial charge on any atom is -0.309 e. The summed E-state index contributed by atoms with van der Waals surface area (Å²) in [6.45, 7) is 5.80. The Balaban J connectivity index is 1.91. The summed E-state index contributed by atoms with van der Waals surface area (Å²) in [5, 5.41) is 7.68. The zero-order chi connectivity index (χ0) is 19.1. The van der Waals surface area contributed by atoms with Crippen LogP contribution in [0, 0.1) is 20.8 Å². The second kappa shape index (κ2) is 7.09. The molecule has 27 heavy (non-hydrogen) atoms. The fraction of sp³-hybridized carbons (Fsp3) is 0.263. The van der Waals surface area contributed by atoms with Crippen LogP contribution in [0.5, 0.6) is 0 Å². The number of benzene rings is 1. The lowest BCUT2D eigenvalue weighted by molar-refractivity contribution is -0.113. The largest absolute Gasteiger partial charge is 0.309 e. The monoisotopic (exact) mass is 443 g/mol. The van der Waals surface area contributed by atoms with Crippen molar-refractivity contribution in [2.75, 3.05) is 11.1 Å². The molecule has 0 aliphatic carbocycles. The molecule has 0 saturated carbocycles. The van der Waals surface area contributed by atoms with Crippen LogP contribution in [0.4, 0.5) is 5.82 Å². The highest BCUT2D eigenvalue weighted by Crippen LogP contribution is 2.44. The first kappa shape index (κ1) is 18.2. The van der Waals surface area contributed by atoms with Crippen LogP contribution in [0.3, 0.4) is 0 Å². The molecule has 1 aliphatic rings. The molecule has 1 aromatic carbocycles. The van der Waals surface area contributed by atoms with Crippen LogP contribution < -0.4 is 5.32 Å². The van der Waals surface area contributed by atoms with E-state index < -0.39 is 0 Å². The molecule has 0 fully saturated rings. The highest BCUT2D eigenvalue weighted by molar-refractivity contribution is 9.10. The third-order valence-electron chi connectivity index (χ3n) is 4.32. The summed E-state index contributed by atoms with van der Waals surface area (Å²) in [5.74, 6) is 1.44. The lowest BCUT2D eigenvalue weighted by Crippen LogP contribution is -2.17. The van der Waals surface area contributed by atoms with E-state index in [-0.39, 0.29) is 11.2 Å². The van der Waals surface area contributed by atoms with E-state index in [4.69, 9.17) is 0 Å². The van der Waals surface area contributed by atoms with Crippen LogP contribution in [-0.2, 0) is 4.79 Å². The number of nitrogens with one attached hydrogen (secondary N) is 1. The Morgan fingerprint density at radius 3 is 2.63 bits per heavy atom. The molecule has 8 heteroatoms. The maximum absolute atomic E-state index is 12.4. The smallest absolute Gasteiger partial charge is 0.252 e. The maximum Gasteiger partial charge on any atom is 0.252 e. The Hall–Kier alpha value is -2.19. The van der Waals surface area contributed by atoms with Gasteiger partial charge in [-0.25, -0.2) is 9.97 Å². The Bertz CT molecular complexity index is 1030. The van der Waals surface area contributed by atoms with Gasteiger partial charge in [0.25, 0.3) is 5.95 Å². The maximum atomic E-state index is 12.4. The lowest BCUT2D eigenvalue weighted by atomic mass is 10.0. The molecule has 0 saturated heterocycles. The molecule has 0 bridgehead atoms. The number of halogens is 1. The van der Waals surface area contributed by atoms with Crippen LogP contribution >= 0.6 is 27.7 Å². The van der Waals surface area contributed by atoms with E-state index in [0.717, 1.165) is 32.7 Å². The summed E-state index contributed by atoms with van der Waals surface area (Å²) in [7, 11) is 0. The molecule has 138 valence electrons. The third kappa shape index (κ3) is 3.51. The third-order valence-corrected chi connectivity index (χ3v) is 6.08. The Kier molecular flexibility index (Phi) is 4.77. The van der Waals surface area contributed by atoms with Gasteiger partial charge < -0.3 is 5.32 Å². The number of thioether (sulfide) groups is 1. The lowest BCUT2D eigenvalue weighted by Gasteiger charge is -2.15. The number of carbonyl (C=O) groups is 1. The van der Waals surface area contributed by atoms with Gasteiger partial charge in [-0.1, -0.05) is 28.1 Å². The van der Waals surface area contributed by atoms with Crippen molar-refractivity contribution >= 4 is 39.4 Å². The Labute approximate surface area is 169 Å². The first-order valence-electron chi connectivity index (χ1n) is 8.51. The zero-order valence-electron chi connectivity index (χ0n) is 15.2. The first-order chi connectivity index (χ1) is 12.9. The van der Waals surface area contributed by atoms with Crippen molar-refractivity contribution in [2.45, 2.75) is 26.0 Å². The summed E-state index contributed by atoms with van der Waals surface area (Å²) in [5.41, 5.74) is 4.68. The van der Waals surface area contributed by atoms with Gasteiger partial charge in [0.1, 0.15) is 5.82 Å². The van der Waals surface area contributed by atoms with Crippen LogP contribution in [0.15, 0.2) is 34.8 Å². The van der Waals surface area contributed by atoms with E-state index in [9.17, 15) is 4.79 Å². The number of anilines is 1. The van der Waals surface area contributed by atoms with Crippen LogP contribution in [0.2, 0.25) is 0 Å². The van der Waals surface area contributed by atoms with E-state index in [2.05, 4.69) is 48.4 Å². The predicted octanol–water partition coefficient (Wildman–Crippen LogP) is 4.12. The van der Waals surface area contributed by atoms with Gasteiger partial charge in [0.2, 0.25) is 5.91 Å². The molecule has 0 spiro atoms. The highest BCUT2D eigenvalue weighted by Gasteiger charge is 2.31. The first-order valence-corrected chi connectivity index (χ1v) is 10.4. The molecule has 3 aromatic rings. The number of carbonyl (C=O) groups excluding carboxylic acids is 1. The zero-order valence-corrected chi connectivity index (χ0v) is 17.6. The second-order valence-corrected chi connectivity index (χ2v) is 8.51. The SMILES string of the molecule is Cc1cc(C)nc(-n2nc(C)c3c2NC(=O)CS[C@H]3c2cccc(Br)c2)n1. The van der Waals surface area contributed by atoms with Crippen LogP contribution in [0.1, 0.15) is 33.5 Å². The van der Waals surface area contributed by atoms with E-state index in [1.807, 2.05) is 39.0 Å². The number of hydrogen-bond donors (Lipinski definition) is 1. The van der Waals surface area contributed by atoms with Gasteiger partial charge in [-0.2, -0.15) is 9.78 Å². The molecule has 4 rings (SSSR count). The van der Waals surface area contributed by atoms with Gasteiger partial charge in [-0.05, 0) is 44.5 Å². The summed E-state index contributed by atoms with van der Waals surface area (Å²) in [4.78, 5) is 21.4. The number of rotatable bonds is 2. The normalized spacial score (nSPS) is 16.6. The van der Waals surface area contributed by atoms with Gasteiger partial charge in [0.05, 0.1) is 16.7 Å². The minimum absolute atomic E-state index is 0.00361. The number of aromatic nitrogens is 4. The molecule has 3 heterocycles. The van der Waals surface area contributed by atoms with Crippen LogP contribution in [-0.4, -0.2) is 31.4 Å². The Morgan fingerprint density at radius 1 is 1.19 bits per heavy atom. The van der Waals surface area contributed by atoms with Crippen molar-refractivity contribution in [1.29, 1.82) is 0 Å². The summed E-state index contributed by atoms with van der Waals surface area (Å²) in [6, 6.07) is 10.1. The number of nitrogens with zero attached hydrogens (tertiary/aromatic N) is 4. The molecule has 0 unspecified atom stereocenters. The number of hydrogen-bond acceptors (Lipinski definition) is 5. The molecule has 1 amide bonds. The van der Waals surface area contributed by atoms with Crippen molar-refractivity contribution in [3.8, 4) is 5.95 Å². The number of amides is 1. The van der Waals surface area contributed by atoms with Crippen molar-refractivity contribution < 1.29 is 4.79 Å². The Morgan fingerprint density at radius 2 is 1.93 bits per heavy atom. The van der Waals surface area contributed by atoms with Gasteiger partial charge in [0, 0.05) is 21.4 Å². The quantitative estimate of drug-likeness (QED) is 0.644. The van der Waals surface area contributed by atoms with Gasteiger partial charge in [0.15, 0.2) is 0 Å². The van der Waals surface area contributed by atoms with Gasteiger partial charge in [-0.15, -0.1) is 11.8 Å². The summed E-state index contributed by atoms with van der Waals surface area (Å²) < 4.78 is 2.66. The second-order valence-electron chi connectivity index (χ2n) is 6.50. The standard InChI is InChI=1S/C19H18BrN5OS/c1-10-7-11(2)22-19(21-10)25-18-16(12(3)24-25)17(27-9-15(26)23-18)13-5-4-6-14(20)8-13/h4-8,17H,9H2,1-3H3,(H,23,26)/t17-/m0/s1. The van der Waals surface area contributed by atoms with Crippen molar-refractivity contribution in [1.82, 2.24) is 19.7 Å². The number of aryl methyl sites for hydroxylation is 3.